The number of hydrogen-bond donors (Lipinski definition) is 1. The number of likely N-dealkylation sites (tertiary alicyclic amines) is 1. The highest BCUT2D eigenvalue weighted by atomic mass is 32.2. The third kappa shape index (κ3) is 8.53. The van der Waals surface area contributed by atoms with Gasteiger partial charge in [0.25, 0.3) is 10.2 Å². The molecule has 0 spiro atoms. The fourth-order valence-electron chi connectivity index (χ4n) is 5.81. The molecule has 0 radical (unpaired) electrons. The number of carbonyl (C=O) groups excluding carboxylic acids is 2. The number of piperazine rings is 1. The molecular weight excluding hydrogens is 566 g/mol. The molecular formula is C27H47N7O5S2. The van der Waals surface area contributed by atoms with Crippen LogP contribution in [0.2, 0.25) is 0 Å². The summed E-state index contributed by atoms with van der Waals surface area (Å²) < 4.78 is 33.1. The van der Waals surface area contributed by atoms with Crippen LogP contribution in [0, 0.1) is 0 Å². The summed E-state index contributed by atoms with van der Waals surface area (Å²) in [6.07, 6.45) is 8.40. The summed E-state index contributed by atoms with van der Waals surface area (Å²) in [4.78, 5) is 37.8. The molecule has 0 bridgehead atoms. The summed E-state index contributed by atoms with van der Waals surface area (Å²) in [5.41, 5.74) is -0.532. The topological polar surface area (TPSA) is 119 Å². The number of urea groups is 1. The number of aromatic nitrogens is 1. The standard InChI is InChI=1S/C27H47N7O5S2/c1-27(2,3)39-26(36)32-13-11-22(12-14-32)34(21-9-7-6-8-10-21)25(35)29-24-28-19-23(40-24)20-31-15-17-33(18-16-31)41(37,38)30(4)5/h19,21-22H,6-18,20H2,1-5H3,(H,28,29,35). The fourth-order valence-corrected chi connectivity index (χ4v) is 7.74. The van der Waals surface area contributed by atoms with Crippen LogP contribution in [0.25, 0.3) is 0 Å². The average molecular weight is 614 g/mol. The van der Waals surface area contributed by atoms with E-state index in [0.717, 1.165) is 43.4 Å². The van der Waals surface area contributed by atoms with Crippen molar-refractivity contribution in [2.45, 2.75) is 89.9 Å². The second kappa shape index (κ2) is 13.5. The lowest BCUT2D eigenvalue weighted by Gasteiger charge is -2.43. The quantitative estimate of drug-likeness (QED) is 0.499. The molecule has 41 heavy (non-hydrogen) atoms. The normalized spacial score (nSPS) is 20.8. The Kier molecular flexibility index (Phi) is 10.5. The van der Waals surface area contributed by atoms with Gasteiger partial charge in [-0.2, -0.15) is 17.0 Å². The minimum atomic E-state index is -3.39. The summed E-state index contributed by atoms with van der Waals surface area (Å²) in [6, 6.07) is 0.137. The van der Waals surface area contributed by atoms with Gasteiger partial charge in [-0.25, -0.2) is 14.6 Å². The van der Waals surface area contributed by atoms with E-state index >= 15 is 0 Å². The van der Waals surface area contributed by atoms with Gasteiger partial charge in [-0.15, -0.1) is 11.3 Å². The molecule has 3 aliphatic rings. The van der Waals surface area contributed by atoms with Crippen molar-refractivity contribution in [3.05, 3.63) is 11.1 Å². The Balaban J connectivity index is 1.33. The van der Waals surface area contributed by atoms with Crippen molar-refractivity contribution in [1.82, 2.24) is 28.3 Å². The number of anilines is 1. The van der Waals surface area contributed by atoms with Gasteiger partial charge in [-0.1, -0.05) is 19.3 Å². The Morgan fingerprint density at radius 3 is 2.20 bits per heavy atom. The van der Waals surface area contributed by atoms with Gasteiger partial charge in [0.2, 0.25) is 0 Å². The zero-order chi connectivity index (χ0) is 29.8. The van der Waals surface area contributed by atoms with Crippen molar-refractivity contribution in [3.8, 4) is 0 Å². The zero-order valence-electron chi connectivity index (χ0n) is 25.2. The van der Waals surface area contributed by atoms with E-state index in [1.807, 2.05) is 25.7 Å². The molecule has 1 saturated carbocycles. The van der Waals surface area contributed by atoms with E-state index < -0.39 is 15.8 Å². The first kappa shape index (κ1) is 31.9. The molecule has 0 unspecified atom stereocenters. The molecule has 3 fully saturated rings. The molecule has 12 nitrogen and oxygen atoms in total. The number of hydrogen-bond acceptors (Lipinski definition) is 8. The number of ether oxygens (including phenoxy) is 1. The number of rotatable bonds is 7. The molecule has 14 heteroatoms. The van der Waals surface area contributed by atoms with Gasteiger partial charge in [0.1, 0.15) is 5.60 Å². The smallest absolute Gasteiger partial charge is 0.410 e. The number of nitrogens with zero attached hydrogens (tertiary/aromatic N) is 6. The van der Waals surface area contributed by atoms with Crippen molar-refractivity contribution in [1.29, 1.82) is 0 Å². The number of carbonyl (C=O) groups is 2. The number of thiazole rings is 1. The monoisotopic (exact) mass is 613 g/mol. The third-order valence-corrected chi connectivity index (χ3v) is 10.8. The van der Waals surface area contributed by atoms with Crippen LogP contribution in [0.5, 0.6) is 0 Å². The van der Waals surface area contributed by atoms with Gasteiger partial charge in [-0.05, 0) is 46.5 Å². The molecule has 1 aromatic heterocycles. The minimum Gasteiger partial charge on any atom is -0.444 e. The first-order valence-corrected chi connectivity index (χ1v) is 17.0. The van der Waals surface area contributed by atoms with Crippen molar-refractivity contribution in [2.24, 2.45) is 0 Å². The molecule has 1 aromatic rings. The summed E-state index contributed by atoms with van der Waals surface area (Å²) in [5, 5.41) is 3.65. The lowest BCUT2D eigenvalue weighted by atomic mass is 9.91. The van der Waals surface area contributed by atoms with Crippen LogP contribution in [-0.2, 0) is 21.5 Å². The maximum absolute atomic E-state index is 13.7. The van der Waals surface area contributed by atoms with Gasteiger partial charge in [0, 0.05) is 83.1 Å². The summed E-state index contributed by atoms with van der Waals surface area (Å²) in [6.45, 7) is 9.60. The second-order valence-electron chi connectivity index (χ2n) is 12.4. The van der Waals surface area contributed by atoms with Crippen molar-refractivity contribution >= 4 is 38.8 Å². The van der Waals surface area contributed by atoms with Gasteiger partial charge >= 0.3 is 12.1 Å². The fraction of sp³-hybridized carbons (Fsp3) is 0.815. The molecule has 4 rings (SSSR count). The maximum Gasteiger partial charge on any atom is 0.410 e. The Morgan fingerprint density at radius 1 is 1.00 bits per heavy atom. The molecule has 2 saturated heterocycles. The first-order valence-electron chi connectivity index (χ1n) is 14.8. The van der Waals surface area contributed by atoms with Crippen molar-refractivity contribution in [2.75, 3.05) is 58.7 Å². The SMILES string of the molecule is CN(C)S(=O)(=O)N1CCN(Cc2cnc(NC(=O)N(C3CCCCC3)C3CCN(C(=O)OC(C)(C)C)CC3)s2)CC1. The molecule has 232 valence electrons. The molecule has 0 aromatic carbocycles. The van der Waals surface area contributed by atoms with Crippen LogP contribution in [0.1, 0.15) is 70.6 Å². The van der Waals surface area contributed by atoms with Gasteiger partial charge in [0.15, 0.2) is 5.13 Å². The Morgan fingerprint density at radius 2 is 1.61 bits per heavy atom. The van der Waals surface area contributed by atoms with Crippen molar-refractivity contribution in [3.63, 3.8) is 0 Å². The highest BCUT2D eigenvalue weighted by Crippen LogP contribution is 2.30. The van der Waals surface area contributed by atoms with E-state index in [0.29, 0.717) is 50.9 Å². The van der Waals surface area contributed by atoms with Crippen LogP contribution < -0.4 is 5.32 Å². The molecule has 3 heterocycles. The van der Waals surface area contributed by atoms with E-state index in [4.69, 9.17) is 4.74 Å². The Hall–Kier alpha value is -2.00. The van der Waals surface area contributed by atoms with Crippen LogP contribution in [0.4, 0.5) is 14.7 Å². The van der Waals surface area contributed by atoms with E-state index in [1.54, 1.807) is 25.2 Å². The van der Waals surface area contributed by atoms with Crippen molar-refractivity contribution < 1.29 is 22.7 Å². The van der Waals surface area contributed by atoms with Crippen LogP contribution in [0.3, 0.4) is 0 Å². The maximum atomic E-state index is 13.7. The Bertz CT molecular complexity index is 1130. The lowest BCUT2D eigenvalue weighted by Crippen LogP contribution is -2.54. The van der Waals surface area contributed by atoms with E-state index in [-0.39, 0.29) is 24.2 Å². The first-order chi connectivity index (χ1) is 19.3. The van der Waals surface area contributed by atoms with Gasteiger partial charge in [0.05, 0.1) is 0 Å². The van der Waals surface area contributed by atoms with Crippen LogP contribution in [0.15, 0.2) is 6.20 Å². The van der Waals surface area contributed by atoms with Crippen LogP contribution in [-0.4, -0.2) is 120 Å². The largest absolute Gasteiger partial charge is 0.444 e. The second-order valence-corrected chi connectivity index (χ2v) is 15.7. The predicted molar refractivity (Wildman–Crippen MR) is 160 cm³/mol. The highest BCUT2D eigenvalue weighted by molar-refractivity contribution is 7.86. The molecule has 1 N–H and O–H groups in total. The Labute approximate surface area is 249 Å². The molecule has 3 amide bonds. The highest BCUT2D eigenvalue weighted by Gasteiger charge is 2.36. The molecule has 2 aliphatic heterocycles. The number of amides is 3. The van der Waals surface area contributed by atoms with E-state index in [1.165, 1.54) is 26.4 Å². The van der Waals surface area contributed by atoms with Gasteiger partial charge < -0.3 is 14.5 Å². The third-order valence-electron chi connectivity index (χ3n) is 7.98. The summed E-state index contributed by atoms with van der Waals surface area (Å²) in [7, 11) is -0.289. The van der Waals surface area contributed by atoms with Gasteiger partial charge in [-0.3, -0.25) is 10.2 Å². The summed E-state index contributed by atoms with van der Waals surface area (Å²) in [5.74, 6) is 0. The predicted octanol–water partition coefficient (Wildman–Crippen LogP) is 3.63. The molecule has 1 aliphatic carbocycles. The summed E-state index contributed by atoms with van der Waals surface area (Å²) >= 11 is 1.47. The van der Waals surface area contributed by atoms with E-state index in [2.05, 4.69) is 15.2 Å². The molecule has 0 atom stereocenters. The zero-order valence-corrected chi connectivity index (χ0v) is 26.8. The van der Waals surface area contributed by atoms with Crippen LogP contribution >= 0.6 is 11.3 Å². The lowest BCUT2D eigenvalue weighted by molar-refractivity contribution is 0.0140. The number of nitrogens with one attached hydrogen (secondary N) is 1. The average Bonchev–Trinajstić information content (AvgIpc) is 3.35. The minimum absolute atomic E-state index is 0.0611. The van der Waals surface area contributed by atoms with E-state index in [9.17, 15) is 18.0 Å². The number of piperidine rings is 1.